The van der Waals surface area contributed by atoms with Crippen LogP contribution in [0.5, 0.6) is 0 Å². The van der Waals surface area contributed by atoms with Gasteiger partial charge in [-0.25, -0.2) is 0 Å². The Hall–Kier alpha value is -1.94. The maximum Gasteiger partial charge on any atom is 0.224 e. The molecular formula is C16H21N3O. The lowest BCUT2D eigenvalue weighted by Gasteiger charge is -2.11. The fourth-order valence-corrected chi connectivity index (χ4v) is 2.22. The molecule has 1 aromatic carbocycles. The molecule has 0 aliphatic rings. The van der Waals surface area contributed by atoms with Crippen LogP contribution in [0.15, 0.2) is 36.5 Å². The van der Waals surface area contributed by atoms with Gasteiger partial charge in [0.05, 0.1) is 11.2 Å². The molecule has 2 rings (SSSR count). The normalized spacial score (nSPS) is 12.3. The number of aromatic nitrogens is 1. The summed E-state index contributed by atoms with van der Waals surface area (Å²) in [6, 6.07) is 9.68. The first-order chi connectivity index (χ1) is 9.70. The molecule has 0 bridgehead atoms. The van der Waals surface area contributed by atoms with E-state index in [4.69, 9.17) is 5.73 Å². The molecule has 1 atom stereocenters. The molecule has 1 unspecified atom stereocenters. The van der Waals surface area contributed by atoms with E-state index in [9.17, 15) is 4.79 Å². The van der Waals surface area contributed by atoms with Crippen LogP contribution in [-0.4, -0.2) is 17.4 Å². The minimum Gasteiger partial charge on any atom is -0.330 e. The second-order valence-electron chi connectivity index (χ2n) is 5.15. The average molecular weight is 271 g/mol. The molecule has 3 N–H and O–H groups in total. The van der Waals surface area contributed by atoms with E-state index in [1.807, 2.05) is 30.3 Å². The van der Waals surface area contributed by atoms with E-state index < -0.39 is 0 Å². The van der Waals surface area contributed by atoms with E-state index in [1.54, 1.807) is 6.20 Å². The zero-order valence-corrected chi connectivity index (χ0v) is 11.8. The van der Waals surface area contributed by atoms with Crippen LogP contribution < -0.4 is 11.1 Å². The Morgan fingerprint density at radius 1 is 1.30 bits per heavy atom. The van der Waals surface area contributed by atoms with Gasteiger partial charge in [-0.15, -0.1) is 0 Å². The Morgan fingerprint density at radius 3 is 2.90 bits per heavy atom. The molecule has 1 heterocycles. The van der Waals surface area contributed by atoms with Gasteiger partial charge in [-0.2, -0.15) is 0 Å². The minimum absolute atomic E-state index is 0.0343. The third-order valence-electron chi connectivity index (χ3n) is 3.43. The number of fused-ring (bicyclic) bond motifs is 1. The number of carbonyl (C=O) groups is 1. The second-order valence-corrected chi connectivity index (χ2v) is 5.15. The molecule has 0 saturated carbocycles. The molecule has 4 nitrogen and oxygen atoms in total. The summed E-state index contributed by atoms with van der Waals surface area (Å²) >= 11 is 0. The van der Waals surface area contributed by atoms with Crippen molar-refractivity contribution in [3.8, 4) is 0 Å². The van der Waals surface area contributed by atoms with E-state index in [2.05, 4.69) is 17.2 Å². The number of carbonyl (C=O) groups excluding carboxylic acids is 1. The van der Waals surface area contributed by atoms with Crippen LogP contribution in [0.4, 0.5) is 5.69 Å². The number of pyridine rings is 1. The Morgan fingerprint density at radius 2 is 2.10 bits per heavy atom. The van der Waals surface area contributed by atoms with Crippen LogP contribution in [0.1, 0.15) is 26.2 Å². The standard InChI is InChI=1S/C16H21N3O/c1-12(9-10-17)7-8-15(20)19-14-6-2-4-13-5-3-11-18-16(13)14/h2-6,11-12H,7-10,17H2,1H3,(H,19,20). The van der Waals surface area contributed by atoms with E-state index in [0.717, 1.165) is 29.4 Å². The molecule has 4 heteroatoms. The SMILES string of the molecule is CC(CCN)CCC(=O)Nc1cccc2cccnc12. The Kier molecular flexibility index (Phi) is 5.07. The number of nitrogens with two attached hydrogens (primary N) is 1. The zero-order valence-electron chi connectivity index (χ0n) is 11.8. The van der Waals surface area contributed by atoms with Gasteiger partial charge in [0.25, 0.3) is 0 Å². The molecule has 0 spiro atoms. The smallest absolute Gasteiger partial charge is 0.224 e. The highest BCUT2D eigenvalue weighted by atomic mass is 16.1. The third-order valence-corrected chi connectivity index (χ3v) is 3.43. The third kappa shape index (κ3) is 3.78. The van der Waals surface area contributed by atoms with Crippen LogP contribution in [0.25, 0.3) is 10.9 Å². The lowest BCUT2D eigenvalue weighted by atomic mass is 10.0. The van der Waals surface area contributed by atoms with Crippen molar-refractivity contribution in [2.75, 3.05) is 11.9 Å². The number of benzene rings is 1. The fourth-order valence-electron chi connectivity index (χ4n) is 2.22. The van der Waals surface area contributed by atoms with Gasteiger partial charge in [0, 0.05) is 18.0 Å². The molecular weight excluding hydrogens is 250 g/mol. The fraction of sp³-hybridized carbons (Fsp3) is 0.375. The van der Waals surface area contributed by atoms with Crippen molar-refractivity contribution in [1.29, 1.82) is 0 Å². The number of hydrogen-bond donors (Lipinski definition) is 2. The maximum atomic E-state index is 12.0. The first-order valence-electron chi connectivity index (χ1n) is 7.04. The summed E-state index contributed by atoms with van der Waals surface area (Å²) in [6.45, 7) is 2.80. The highest BCUT2D eigenvalue weighted by molar-refractivity contribution is 6.00. The number of hydrogen-bond acceptors (Lipinski definition) is 3. The topological polar surface area (TPSA) is 68.0 Å². The summed E-state index contributed by atoms with van der Waals surface area (Å²) in [5.41, 5.74) is 7.12. The summed E-state index contributed by atoms with van der Waals surface area (Å²) in [5, 5.41) is 3.98. The van der Waals surface area contributed by atoms with E-state index in [-0.39, 0.29) is 5.91 Å². The summed E-state index contributed by atoms with van der Waals surface area (Å²) in [4.78, 5) is 16.3. The van der Waals surface area contributed by atoms with Crippen LogP contribution in [0, 0.1) is 5.92 Å². The number of amides is 1. The van der Waals surface area contributed by atoms with E-state index in [0.29, 0.717) is 18.9 Å². The van der Waals surface area contributed by atoms with Crippen LogP contribution >= 0.6 is 0 Å². The lowest BCUT2D eigenvalue weighted by molar-refractivity contribution is -0.116. The first kappa shape index (κ1) is 14.5. The Balaban J connectivity index is 1.99. The van der Waals surface area contributed by atoms with Gasteiger partial charge in [-0.05, 0) is 37.4 Å². The highest BCUT2D eigenvalue weighted by Gasteiger charge is 2.08. The van der Waals surface area contributed by atoms with Gasteiger partial charge in [0.2, 0.25) is 5.91 Å². The maximum absolute atomic E-state index is 12.0. The Labute approximate surface area is 119 Å². The van der Waals surface area contributed by atoms with E-state index >= 15 is 0 Å². The quantitative estimate of drug-likeness (QED) is 0.848. The molecule has 1 amide bonds. The molecule has 2 aromatic rings. The van der Waals surface area contributed by atoms with Gasteiger partial charge >= 0.3 is 0 Å². The van der Waals surface area contributed by atoms with Gasteiger partial charge in [-0.3, -0.25) is 9.78 Å². The average Bonchev–Trinajstić information content (AvgIpc) is 2.46. The molecule has 20 heavy (non-hydrogen) atoms. The minimum atomic E-state index is 0.0343. The molecule has 1 aromatic heterocycles. The summed E-state index contributed by atoms with van der Waals surface area (Å²) < 4.78 is 0. The molecule has 0 saturated heterocycles. The molecule has 0 aliphatic carbocycles. The van der Waals surface area contributed by atoms with Crippen LogP contribution in [-0.2, 0) is 4.79 Å². The highest BCUT2D eigenvalue weighted by Crippen LogP contribution is 2.21. The second kappa shape index (κ2) is 7.01. The molecule has 0 radical (unpaired) electrons. The van der Waals surface area contributed by atoms with Crippen molar-refractivity contribution in [2.45, 2.75) is 26.2 Å². The van der Waals surface area contributed by atoms with E-state index in [1.165, 1.54) is 0 Å². The van der Waals surface area contributed by atoms with Crippen molar-refractivity contribution < 1.29 is 4.79 Å². The molecule has 0 aliphatic heterocycles. The van der Waals surface area contributed by atoms with Gasteiger partial charge in [-0.1, -0.05) is 25.1 Å². The number of nitrogens with zero attached hydrogens (tertiary/aromatic N) is 1. The zero-order chi connectivity index (χ0) is 14.4. The lowest BCUT2D eigenvalue weighted by Crippen LogP contribution is -2.14. The number of nitrogens with one attached hydrogen (secondary N) is 1. The number of rotatable bonds is 6. The number of anilines is 1. The predicted molar refractivity (Wildman–Crippen MR) is 82.4 cm³/mol. The molecule has 106 valence electrons. The molecule has 0 fully saturated rings. The summed E-state index contributed by atoms with van der Waals surface area (Å²) in [6.07, 6.45) is 4.08. The van der Waals surface area contributed by atoms with Crippen molar-refractivity contribution in [3.63, 3.8) is 0 Å². The largest absolute Gasteiger partial charge is 0.330 e. The predicted octanol–water partition coefficient (Wildman–Crippen LogP) is 2.94. The van der Waals surface area contributed by atoms with Crippen molar-refractivity contribution >= 4 is 22.5 Å². The summed E-state index contributed by atoms with van der Waals surface area (Å²) in [5.74, 6) is 0.517. The van der Waals surface area contributed by atoms with Gasteiger partial charge in [0.15, 0.2) is 0 Å². The van der Waals surface area contributed by atoms with Crippen molar-refractivity contribution in [1.82, 2.24) is 4.98 Å². The van der Waals surface area contributed by atoms with Crippen LogP contribution in [0.3, 0.4) is 0 Å². The monoisotopic (exact) mass is 271 g/mol. The van der Waals surface area contributed by atoms with Crippen molar-refractivity contribution in [3.05, 3.63) is 36.5 Å². The van der Waals surface area contributed by atoms with Crippen LogP contribution in [0.2, 0.25) is 0 Å². The summed E-state index contributed by atoms with van der Waals surface area (Å²) in [7, 11) is 0. The Bertz CT molecular complexity index is 577. The van der Waals surface area contributed by atoms with Gasteiger partial charge < -0.3 is 11.1 Å². The number of para-hydroxylation sites is 1. The first-order valence-corrected chi connectivity index (χ1v) is 7.04. The van der Waals surface area contributed by atoms with Gasteiger partial charge in [0.1, 0.15) is 0 Å². The van der Waals surface area contributed by atoms with Crippen molar-refractivity contribution in [2.24, 2.45) is 11.7 Å².